The minimum absolute atomic E-state index is 0.0155. The SMILES string of the molecule is C[C@]1(C(=O)NC(=O)[C@@]2(C)CCC[C@]3(C)c4cc(NC(=O)OCC5c6ccccc6-c6ccccc65)ccc4CC[C@@H]23)CCC[C@]2(C)c3cc(N)ccc3CC[C@@H]12.O=C(O)C(F)(F)F. The normalized spacial score (nSPS) is 27.9. The molecule has 0 unspecified atom stereocenters. The molecule has 0 saturated heterocycles. The summed E-state index contributed by atoms with van der Waals surface area (Å²) in [7, 11) is 0. The predicted octanol–water partition coefficient (Wildman–Crippen LogP) is 10.6. The number of benzene rings is 4. The Bertz CT molecular complexity index is 2440. The lowest BCUT2D eigenvalue weighted by Crippen LogP contribution is -2.60. The molecule has 4 aromatic carbocycles. The fraction of sp³-hybridized carbons (Fsp3) is 0.451. The van der Waals surface area contributed by atoms with Crippen molar-refractivity contribution in [3.8, 4) is 11.1 Å². The Labute approximate surface area is 366 Å². The van der Waals surface area contributed by atoms with E-state index in [1.165, 1.54) is 44.5 Å². The summed E-state index contributed by atoms with van der Waals surface area (Å²) >= 11 is 0. The van der Waals surface area contributed by atoms with Crippen LogP contribution in [0.5, 0.6) is 0 Å². The second-order valence-corrected chi connectivity index (χ2v) is 19.4. The zero-order valence-corrected chi connectivity index (χ0v) is 36.3. The molecule has 6 atom stereocenters. The van der Waals surface area contributed by atoms with Gasteiger partial charge in [-0.1, -0.05) is 101 Å². The number of alkyl halides is 3. The van der Waals surface area contributed by atoms with Crippen molar-refractivity contribution in [1.82, 2.24) is 5.32 Å². The van der Waals surface area contributed by atoms with E-state index >= 15 is 0 Å². The molecule has 0 radical (unpaired) electrons. The minimum Gasteiger partial charge on any atom is -0.475 e. The highest BCUT2D eigenvalue weighted by Gasteiger charge is 2.58. The van der Waals surface area contributed by atoms with Crippen LogP contribution in [0.2, 0.25) is 0 Å². The summed E-state index contributed by atoms with van der Waals surface area (Å²) in [6.45, 7) is 9.04. The zero-order chi connectivity index (χ0) is 45.1. The molecule has 3 amide bonds. The number of aliphatic carboxylic acids is 1. The van der Waals surface area contributed by atoms with Crippen molar-refractivity contribution < 1.29 is 42.2 Å². The minimum atomic E-state index is -5.08. The van der Waals surface area contributed by atoms with E-state index in [1.807, 2.05) is 36.4 Å². The van der Waals surface area contributed by atoms with Crippen molar-refractivity contribution in [3.63, 3.8) is 0 Å². The number of rotatable bonds is 5. The van der Waals surface area contributed by atoms with Crippen LogP contribution in [0.3, 0.4) is 0 Å². The molecule has 0 bridgehead atoms. The topological polar surface area (TPSA) is 148 Å². The molecule has 0 aliphatic heterocycles. The van der Waals surface area contributed by atoms with E-state index in [0.717, 1.165) is 69.9 Å². The van der Waals surface area contributed by atoms with Gasteiger partial charge in [-0.25, -0.2) is 9.59 Å². The molecule has 0 heterocycles. The van der Waals surface area contributed by atoms with Crippen LogP contribution in [0, 0.1) is 22.7 Å². The number of carbonyl (C=O) groups is 4. The third-order valence-electron chi connectivity index (χ3n) is 15.8. The number of ether oxygens (including phenoxy) is 1. The first-order chi connectivity index (χ1) is 29.8. The number of halogens is 3. The first-order valence-corrected chi connectivity index (χ1v) is 22.1. The molecule has 2 fully saturated rings. The highest BCUT2D eigenvalue weighted by atomic mass is 19.4. The average Bonchev–Trinajstić information content (AvgIpc) is 3.56. The Kier molecular flexibility index (Phi) is 11.3. The molecule has 2 saturated carbocycles. The fourth-order valence-corrected chi connectivity index (χ4v) is 12.7. The van der Waals surface area contributed by atoms with Crippen molar-refractivity contribution in [1.29, 1.82) is 0 Å². The number of fused-ring (bicyclic) bond motifs is 9. The standard InChI is InChI=1S/C49H55N3O4.C2HF3O2/c1-46-23-9-25-48(3,41(46)21-17-30-15-19-32(50)27-39(30)46)43(53)52-44(54)49(4)26-10-24-47(2)40-28-33(20-16-31(40)18-22-42(47)49)51-45(55)56-29-38-36-13-7-5-11-34(36)35-12-6-8-14-37(35)38;3-2(4,5)1(6)7/h5-8,11-16,19-20,27-28,38,41-42H,9-10,17-18,21-26,29,50H2,1-4H3,(H,51,55)(H,52,53,54);(H,6,7)/t41-,42-,46-,47-,48+,49+;/m1./s1. The zero-order valence-electron chi connectivity index (χ0n) is 36.3. The quantitative estimate of drug-likeness (QED) is 0.115. The highest BCUT2D eigenvalue weighted by Crippen LogP contribution is 2.60. The second kappa shape index (κ2) is 16.2. The second-order valence-electron chi connectivity index (χ2n) is 19.4. The molecule has 63 heavy (non-hydrogen) atoms. The van der Waals surface area contributed by atoms with Gasteiger partial charge in [0.1, 0.15) is 6.61 Å². The van der Waals surface area contributed by atoms with Crippen LogP contribution in [-0.2, 0) is 42.8 Å². The number of nitrogens with two attached hydrogens (primary N) is 1. The number of hydrogen-bond donors (Lipinski definition) is 4. The van der Waals surface area contributed by atoms with Crippen LogP contribution in [0.4, 0.5) is 29.3 Å². The molecule has 5 aliphatic rings. The van der Waals surface area contributed by atoms with E-state index in [1.54, 1.807) is 0 Å². The van der Waals surface area contributed by atoms with Gasteiger partial charge in [0.05, 0.1) is 10.8 Å². The van der Waals surface area contributed by atoms with Crippen LogP contribution in [0.1, 0.15) is 118 Å². The van der Waals surface area contributed by atoms with E-state index in [9.17, 15) is 27.6 Å². The maximum absolute atomic E-state index is 14.6. The summed E-state index contributed by atoms with van der Waals surface area (Å²) < 4.78 is 37.6. The smallest absolute Gasteiger partial charge is 0.475 e. The van der Waals surface area contributed by atoms with Crippen molar-refractivity contribution >= 4 is 35.3 Å². The summed E-state index contributed by atoms with van der Waals surface area (Å²) in [5.74, 6) is -2.86. The van der Waals surface area contributed by atoms with Crippen LogP contribution >= 0.6 is 0 Å². The fourth-order valence-electron chi connectivity index (χ4n) is 12.7. The Morgan fingerprint density at radius 2 is 1.19 bits per heavy atom. The van der Waals surface area contributed by atoms with Gasteiger partial charge in [-0.05, 0) is 143 Å². The van der Waals surface area contributed by atoms with Crippen molar-refractivity contribution in [2.24, 2.45) is 22.7 Å². The Morgan fingerprint density at radius 3 is 1.70 bits per heavy atom. The molecule has 12 heteroatoms. The molecule has 4 aromatic rings. The third kappa shape index (κ3) is 7.67. The molecule has 0 spiro atoms. The maximum atomic E-state index is 14.6. The number of carboxylic acids is 1. The highest BCUT2D eigenvalue weighted by molar-refractivity contribution is 6.01. The van der Waals surface area contributed by atoms with Gasteiger partial charge in [-0.2, -0.15) is 13.2 Å². The summed E-state index contributed by atoms with van der Waals surface area (Å²) in [5.41, 5.74) is 15.7. The lowest BCUT2D eigenvalue weighted by atomic mass is 9.49. The molecule has 5 N–H and O–H groups in total. The molecule has 9 nitrogen and oxygen atoms in total. The summed E-state index contributed by atoms with van der Waals surface area (Å²) in [4.78, 5) is 51.4. The van der Waals surface area contributed by atoms with Gasteiger partial charge in [-0.3, -0.25) is 20.2 Å². The van der Waals surface area contributed by atoms with Crippen molar-refractivity contribution in [2.75, 3.05) is 17.7 Å². The van der Waals surface area contributed by atoms with E-state index in [4.69, 9.17) is 20.4 Å². The molecule has 5 aliphatic carbocycles. The summed E-state index contributed by atoms with van der Waals surface area (Å²) in [6.07, 6.45) is 3.28. The van der Waals surface area contributed by atoms with Gasteiger partial charge in [0.25, 0.3) is 0 Å². The van der Waals surface area contributed by atoms with Gasteiger partial charge in [0.2, 0.25) is 11.8 Å². The molecule has 9 rings (SSSR count). The van der Waals surface area contributed by atoms with E-state index in [-0.39, 0.29) is 47.0 Å². The van der Waals surface area contributed by atoms with Gasteiger partial charge in [-0.15, -0.1) is 0 Å². The number of aryl methyl sites for hydroxylation is 2. The van der Waals surface area contributed by atoms with E-state index < -0.39 is 29.1 Å². The predicted molar refractivity (Wildman–Crippen MR) is 235 cm³/mol. The molecule has 332 valence electrons. The van der Waals surface area contributed by atoms with E-state index in [0.29, 0.717) is 5.69 Å². The van der Waals surface area contributed by atoms with Crippen LogP contribution in [0.15, 0.2) is 84.9 Å². The number of nitrogens with one attached hydrogen (secondary N) is 2. The van der Waals surface area contributed by atoms with Gasteiger partial charge >= 0.3 is 18.2 Å². The maximum Gasteiger partial charge on any atom is 0.490 e. The lowest BCUT2D eigenvalue weighted by Gasteiger charge is -2.56. The molecule has 0 aromatic heterocycles. The Balaban J connectivity index is 0.000000719. The number of hydrogen-bond acceptors (Lipinski definition) is 6. The van der Waals surface area contributed by atoms with Crippen LogP contribution < -0.4 is 16.4 Å². The Morgan fingerprint density at radius 1 is 0.714 bits per heavy atom. The monoisotopic (exact) mass is 863 g/mol. The van der Waals surface area contributed by atoms with E-state index in [2.05, 4.69) is 86.9 Å². The summed E-state index contributed by atoms with van der Waals surface area (Å²) in [6, 6.07) is 29.1. The number of carbonyl (C=O) groups excluding carboxylic acids is 3. The number of carboxylic acid groups (broad SMARTS) is 1. The first-order valence-electron chi connectivity index (χ1n) is 22.1. The number of nitrogen functional groups attached to an aromatic ring is 1. The number of anilines is 2. The van der Waals surface area contributed by atoms with Crippen LogP contribution in [-0.4, -0.2) is 41.8 Å². The number of imide groups is 1. The lowest BCUT2D eigenvalue weighted by molar-refractivity contribution is -0.192. The third-order valence-corrected chi connectivity index (χ3v) is 15.8. The van der Waals surface area contributed by atoms with Gasteiger partial charge < -0.3 is 15.6 Å². The van der Waals surface area contributed by atoms with Crippen LogP contribution in [0.25, 0.3) is 11.1 Å². The molecular formula is C51H56F3N3O6. The molecular weight excluding hydrogens is 808 g/mol. The van der Waals surface area contributed by atoms with Gasteiger partial charge in [0.15, 0.2) is 0 Å². The Hall–Kier alpha value is -5.65. The summed E-state index contributed by atoms with van der Waals surface area (Å²) in [5, 5.41) is 13.2. The average molecular weight is 864 g/mol. The van der Waals surface area contributed by atoms with Gasteiger partial charge in [0, 0.05) is 17.3 Å². The number of amides is 3. The largest absolute Gasteiger partial charge is 0.490 e. The first kappa shape index (κ1) is 44.0. The van der Waals surface area contributed by atoms with Crippen molar-refractivity contribution in [2.45, 2.75) is 115 Å². The van der Waals surface area contributed by atoms with Crippen molar-refractivity contribution in [3.05, 3.63) is 118 Å².